The first-order valence-corrected chi connectivity index (χ1v) is 13.1. The number of hydrogen-bond acceptors (Lipinski definition) is 0. The van der Waals surface area contributed by atoms with E-state index in [9.17, 15) is 74.6 Å². The third-order valence-electron chi connectivity index (χ3n) is 4.30. The second-order valence-corrected chi connectivity index (χ2v) is 12.2. The van der Waals surface area contributed by atoms with Gasteiger partial charge >= 0.3 is 47.6 Å². The van der Waals surface area contributed by atoms with Crippen molar-refractivity contribution in [3.63, 3.8) is 0 Å². The van der Waals surface area contributed by atoms with Crippen LogP contribution in [0.3, 0.4) is 0 Å². The highest BCUT2D eigenvalue weighted by Gasteiger charge is 2.95. The second kappa shape index (κ2) is 9.36. The maximum atomic E-state index is 13.6. The van der Waals surface area contributed by atoms with Crippen LogP contribution in [0.1, 0.15) is 6.42 Å². The van der Waals surface area contributed by atoms with Crippen molar-refractivity contribution in [2.45, 2.75) is 85.3 Å². The Morgan fingerprint density at radius 2 is 0.818 bits per heavy atom. The van der Waals surface area contributed by atoms with E-state index in [1.54, 1.807) is 13.1 Å². The van der Waals surface area contributed by atoms with Gasteiger partial charge in [-0.25, -0.2) is 0 Å². The van der Waals surface area contributed by atoms with Gasteiger partial charge in [-0.2, -0.15) is 74.6 Å². The molecule has 0 saturated carbocycles. The van der Waals surface area contributed by atoms with Gasteiger partial charge in [-0.05, 0) is 0 Å². The van der Waals surface area contributed by atoms with E-state index >= 15 is 0 Å². The van der Waals surface area contributed by atoms with E-state index in [4.69, 9.17) is 0 Å². The van der Waals surface area contributed by atoms with Crippen molar-refractivity contribution in [2.24, 2.45) is 0 Å². The zero-order chi connectivity index (χ0) is 27.1. The molecule has 0 rings (SSSR count). The Labute approximate surface area is 179 Å². The van der Waals surface area contributed by atoms with E-state index in [2.05, 4.69) is 0 Å². The summed E-state index contributed by atoms with van der Waals surface area (Å²) in [6.45, 7) is 3.57. The molecule has 2 radical (unpaired) electrons. The fraction of sp³-hybridized carbons (Fsp3) is 1.00. The van der Waals surface area contributed by atoms with E-state index in [1.165, 1.54) is 0 Å². The highest BCUT2D eigenvalue weighted by atomic mass is 28.3. The van der Waals surface area contributed by atoms with E-state index in [0.29, 0.717) is 6.04 Å². The van der Waals surface area contributed by atoms with Crippen molar-refractivity contribution >= 4 is 18.3 Å². The molecule has 198 valence electrons. The van der Waals surface area contributed by atoms with Crippen LogP contribution in [0.15, 0.2) is 0 Å². The average molecular weight is 562 g/mol. The normalized spacial score (nSPS) is 16.0. The van der Waals surface area contributed by atoms with Gasteiger partial charge in [0.25, 0.3) is 0 Å². The smallest absolute Gasteiger partial charge is 0.200 e. The minimum atomic E-state index is -8.56. The highest BCUT2D eigenvalue weighted by molar-refractivity contribution is 6.57. The molecule has 0 aromatic rings. The van der Waals surface area contributed by atoms with Crippen LogP contribution < -0.4 is 0 Å². The Hall–Kier alpha value is -0.756. The van der Waals surface area contributed by atoms with Gasteiger partial charge in [0, 0.05) is 24.7 Å². The van der Waals surface area contributed by atoms with Crippen LogP contribution in [0, 0.1) is 0 Å². The summed E-state index contributed by atoms with van der Waals surface area (Å²) in [5.41, 5.74) is 0. The lowest BCUT2D eigenvalue weighted by Crippen LogP contribution is -2.74. The van der Waals surface area contributed by atoms with Gasteiger partial charge in [0.2, 0.25) is 0 Å². The first kappa shape index (κ1) is 32.2. The SMILES string of the molecule is C[SiH](C)CC[Si]CCC(F)(F)C(F)(F)C(F)(F)C(F)(F)C(F)(F)C(F)(F)C(F)(F)C(F)(F)F. The summed E-state index contributed by atoms with van der Waals surface area (Å²) in [5.74, 6) is -55.6. The zero-order valence-corrected chi connectivity index (χ0v) is 18.5. The summed E-state index contributed by atoms with van der Waals surface area (Å²) in [7, 11) is -1.83. The standard InChI is InChI=1S/C14H15F17Si2/c1-33(2)6-5-32-4-3-7(15,16)8(17,18)9(19,20)10(21,22)11(23,24)12(25,26)13(27,28)14(29,30)31/h33H,3-6H2,1-2H3. The summed E-state index contributed by atoms with van der Waals surface area (Å²) >= 11 is 0. The van der Waals surface area contributed by atoms with Crippen LogP contribution >= 0.6 is 0 Å². The molecule has 19 heteroatoms. The first-order valence-electron chi connectivity index (χ1n) is 8.59. The van der Waals surface area contributed by atoms with E-state index in [-0.39, 0.29) is 6.04 Å². The molecule has 0 N–H and O–H groups in total. The lowest BCUT2D eigenvalue weighted by molar-refractivity contribution is -0.461. The van der Waals surface area contributed by atoms with Crippen LogP contribution in [0.25, 0.3) is 0 Å². The van der Waals surface area contributed by atoms with Crippen LogP contribution in [-0.2, 0) is 0 Å². The maximum Gasteiger partial charge on any atom is 0.460 e. The van der Waals surface area contributed by atoms with Crippen molar-refractivity contribution in [1.82, 2.24) is 0 Å². The third kappa shape index (κ3) is 5.26. The van der Waals surface area contributed by atoms with Gasteiger partial charge in [0.1, 0.15) is 0 Å². The minimum absolute atomic E-state index is 0.148. The summed E-state index contributed by atoms with van der Waals surface area (Å²) in [4.78, 5) is 0. The summed E-state index contributed by atoms with van der Waals surface area (Å²) in [5, 5.41) is 0. The van der Waals surface area contributed by atoms with Crippen molar-refractivity contribution in [3.05, 3.63) is 0 Å². The fourth-order valence-electron chi connectivity index (χ4n) is 2.11. The van der Waals surface area contributed by atoms with Crippen molar-refractivity contribution in [3.8, 4) is 0 Å². The van der Waals surface area contributed by atoms with Gasteiger partial charge in [0.05, 0.1) is 0 Å². The monoisotopic (exact) mass is 562 g/mol. The number of rotatable bonds is 12. The van der Waals surface area contributed by atoms with Crippen molar-refractivity contribution in [2.75, 3.05) is 0 Å². The van der Waals surface area contributed by atoms with Crippen LogP contribution in [0.2, 0.25) is 31.2 Å². The molecule has 0 aliphatic carbocycles. The van der Waals surface area contributed by atoms with Crippen LogP contribution in [0.5, 0.6) is 0 Å². The molecule has 0 aromatic carbocycles. The molecule has 0 unspecified atom stereocenters. The summed E-state index contributed by atoms with van der Waals surface area (Å²) in [6, 6.07) is -0.387. The predicted molar refractivity (Wildman–Crippen MR) is 84.4 cm³/mol. The molecule has 0 atom stereocenters. The molecule has 0 bridgehead atoms. The molecule has 0 amide bonds. The van der Waals surface area contributed by atoms with E-state index in [1.807, 2.05) is 0 Å². The zero-order valence-electron chi connectivity index (χ0n) is 16.3. The largest absolute Gasteiger partial charge is 0.460 e. The molecule has 0 spiro atoms. The Kier molecular flexibility index (Phi) is 9.15. The van der Waals surface area contributed by atoms with E-state index < -0.39 is 78.4 Å². The van der Waals surface area contributed by atoms with Gasteiger partial charge in [0.15, 0.2) is 0 Å². The van der Waals surface area contributed by atoms with Crippen LogP contribution in [-0.4, -0.2) is 66.0 Å². The molecular formula is C14H15F17Si2. The molecule has 0 heterocycles. The van der Waals surface area contributed by atoms with Crippen molar-refractivity contribution in [1.29, 1.82) is 0 Å². The highest BCUT2D eigenvalue weighted by Crippen LogP contribution is 2.64. The molecule has 33 heavy (non-hydrogen) atoms. The maximum absolute atomic E-state index is 13.6. The van der Waals surface area contributed by atoms with Gasteiger partial charge in [-0.3, -0.25) is 0 Å². The number of halogens is 17. The van der Waals surface area contributed by atoms with Crippen molar-refractivity contribution < 1.29 is 74.6 Å². The Morgan fingerprint density at radius 3 is 1.15 bits per heavy atom. The first-order chi connectivity index (χ1) is 14.2. The van der Waals surface area contributed by atoms with E-state index in [0.717, 1.165) is 0 Å². The average Bonchev–Trinajstić information content (AvgIpc) is 2.58. The minimum Gasteiger partial charge on any atom is -0.200 e. The molecule has 0 saturated heterocycles. The summed E-state index contributed by atoms with van der Waals surface area (Å²) < 4.78 is 222. The Morgan fingerprint density at radius 1 is 0.485 bits per heavy atom. The van der Waals surface area contributed by atoms with Gasteiger partial charge < -0.3 is 0 Å². The lowest BCUT2D eigenvalue weighted by Gasteiger charge is -2.42. The molecule has 0 nitrogen and oxygen atoms in total. The topological polar surface area (TPSA) is 0 Å². The Bertz CT molecular complexity index is 653. The van der Waals surface area contributed by atoms with Gasteiger partial charge in [-0.1, -0.05) is 31.2 Å². The predicted octanol–water partition coefficient (Wildman–Crippen LogP) is 7.41. The molecule has 0 aliphatic heterocycles. The quantitative estimate of drug-likeness (QED) is 0.132. The Balaban J connectivity index is 6.16. The number of hydrogen-bond donors (Lipinski definition) is 0. The molecule has 0 fully saturated rings. The summed E-state index contributed by atoms with van der Waals surface area (Å²) in [6.07, 6.45) is -10.1. The molecular weight excluding hydrogens is 547 g/mol. The molecule has 0 aliphatic rings. The lowest BCUT2D eigenvalue weighted by atomic mass is 9.88. The number of alkyl halides is 17. The third-order valence-corrected chi connectivity index (χ3v) is 7.57. The fourth-order valence-corrected chi connectivity index (χ4v) is 5.98. The van der Waals surface area contributed by atoms with Gasteiger partial charge in [-0.15, -0.1) is 0 Å². The van der Waals surface area contributed by atoms with Crippen LogP contribution in [0.4, 0.5) is 74.6 Å². The molecule has 0 aromatic heterocycles. The second-order valence-electron chi connectivity index (χ2n) is 7.33.